The zero-order chi connectivity index (χ0) is 33.8. The molecule has 254 valence electrons. The second kappa shape index (κ2) is 14.8. The number of amides is 1. The van der Waals surface area contributed by atoms with Crippen LogP contribution in [0.1, 0.15) is 87.8 Å². The predicted octanol–water partition coefficient (Wildman–Crippen LogP) is 8.33. The van der Waals surface area contributed by atoms with E-state index in [0.717, 1.165) is 32.1 Å². The third kappa shape index (κ3) is 8.82. The van der Waals surface area contributed by atoms with Crippen LogP contribution in [0, 0.1) is 11.8 Å². The van der Waals surface area contributed by atoms with E-state index in [9.17, 15) is 35.9 Å². The van der Waals surface area contributed by atoms with E-state index in [1.165, 1.54) is 18.0 Å². The fourth-order valence-corrected chi connectivity index (χ4v) is 6.49. The summed E-state index contributed by atoms with van der Waals surface area (Å²) in [6.07, 6.45) is -5.99. The van der Waals surface area contributed by atoms with Crippen molar-refractivity contribution in [2.45, 2.75) is 90.3 Å². The Morgan fingerprint density at radius 2 is 1.65 bits per heavy atom. The molecule has 1 saturated heterocycles. The first-order chi connectivity index (χ1) is 21.6. The van der Waals surface area contributed by atoms with Crippen molar-refractivity contribution >= 4 is 33.8 Å². The van der Waals surface area contributed by atoms with Crippen LogP contribution >= 0.6 is 15.9 Å². The molecular weight excluding hydrogens is 686 g/mol. The van der Waals surface area contributed by atoms with Gasteiger partial charge in [-0.2, -0.15) is 26.3 Å². The highest BCUT2D eigenvalue weighted by Gasteiger charge is 2.44. The predicted molar refractivity (Wildman–Crippen MR) is 160 cm³/mol. The van der Waals surface area contributed by atoms with Crippen LogP contribution in [0.2, 0.25) is 0 Å². The van der Waals surface area contributed by atoms with E-state index in [1.54, 1.807) is 6.92 Å². The smallest absolute Gasteiger partial charge is 0.416 e. The summed E-state index contributed by atoms with van der Waals surface area (Å²) in [6, 6.07) is 0.297. The first kappa shape index (κ1) is 35.7. The number of hydrogen-bond donors (Lipinski definition) is 0. The molecule has 0 radical (unpaired) electrons. The summed E-state index contributed by atoms with van der Waals surface area (Å²) < 4.78 is 92.0. The Hall–Kier alpha value is -3.10. The van der Waals surface area contributed by atoms with Gasteiger partial charge in [0.2, 0.25) is 0 Å². The summed E-state index contributed by atoms with van der Waals surface area (Å²) in [5.41, 5.74) is -2.96. The van der Waals surface area contributed by atoms with E-state index >= 15 is 0 Å². The maximum absolute atomic E-state index is 13.5. The van der Waals surface area contributed by atoms with Gasteiger partial charge >= 0.3 is 24.4 Å². The Morgan fingerprint density at radius 1 is 1.04 bits per heavy atom. The number of rotatable bonds is 11. The number of carbonyl (C=O) groups is 2. The number of ether oxygens (including phenoxy) is 2. The Balaban J connectivity index is 1.54. The quantitative estimate of drug-likeness (QED) is 0.170. The van der Waals surface area contributed by atoms with Crippen molar-refractivity contribution in [2.24, 2.45) is 11.8 Å². The molecule has 4 rings (SSSR count). The van der Waals surface area contributed by atoms with Crippen molar-refractivity contribution < 1.29 is 45.4 Å². The molecule has 0 spiro atoms. The van der Waals surface area contributed by atoms with Gasteiger partial charge in [0, 0.05) is 19.5 Å². The largest absolute Gasteiger partial charge is 0.466 e. The topological polar surface area (TPSA) is 84.9 Å². The van der Waals surface area contributed by atoms with Gasteiger partial charge in [-0.05, 0) is 97.5 Å². The number of aromatic nitrogens is 2. The second-order valence-corrected chi connectivity index (χ2v) is 12.6. The molecule has 46 heavy (non-hydrogen) atoms. The monoisotopic (exact) mass is 722 g/mol. The minimum absolute atomic E-state index is 0.0429. The minimum atomic E-state index is -5.04. The lowest BCUT2D eigenvalue weighted by Crippen LogP contribution is -2.36. The van der Waals surface area contributed by atoms with Gasteiger partial charge in [0.1, 0.15) is 16.4 Å². The normalized spacial score (nSPS) is 22.1. The summed E-state index contributed by atoms with van der Waals surface area (Å²) in [5.74, 6) is 0.948. The van der Waals surface area contributed by atoms with Crippen LogP contribution in [0.15, 0.2) is 29.0 Å². The number of carbonyl (C=O) groups excluding carboxylic acids is 2. The molecule has 2 heterocycles. The van der Waals surface area contributed by atoms with Gasteiger partial charge in [-0.1, -0.05) is 6.92 Å². The number of hydrogen-bond acceptors (Lipinski definition) is 7. The van der Waals surface area contributed by atoms with Crippen LogP contribution in [0.5, 0.6) is 0 Å². The molecule has 1 saturated carbocycles. The van der Waals surface area contributed by atoms with E-state index < -0.39 is 47.3 Å². The Labute approximate surface area is 272 Å². The van der Waals surface area contributed by atoms with Crippen molar-refractivity contribution in [2.75, 3.05) is 24.6 Å². The number of benzene rings is 1. The van der Waals surface area contributed by atoms with Gasteiger partial charge in [-0.25, -0.2) is 14.8 Å². The van der Waals surface area contributed by atoms with Crippen LogP contribution in [0.3, 0.4) is 0 Å². The van der Waals surface area contributed by atoms with Crippen LogP contribution < -0.4 is 4.90 Å². The highest BCUT2D eigenvalue weighted by atomic mass is 79.9. The third-order valence-corrected chi connectivity index (χ3v) is 8.82. The SMILES string of the molecule is CCCN(CC1CCC(CC(=O)OCC)CC1)c1ncc(Br)nc1CN1C(=O)OC(c2cc(C(F)(F)F)cc(C(F)(F)F)c2)C1C. The second-order valence-electron chi connectivity index (χ2n) is 11.8. The number of esters is 1. The summed E-state index contributed by atoms with van der Waals surface area (Å²) >= 11 is 3.32. The Kier molecular flexibility index (Phi) is 11.5. The van der Waals surface area contributed by atoms with Crippen LogP contribution in [0.4, 0.5) is 37.0 Å². The first-order valence-electron chi connectivity index (χ1n) is 15.3. The van der Waals surface area contributed by atoms with Gasteiger partial charge < -0.3 is 14.4 Å². The zero-order valence-electron chi connectivity index (χ0n) is 25.8. The minimum Gasteiger partial charge on any atom is -0.466 e. The summed E-state index contributed by atoms with van der Waals surface area (Å²) in [4.78, 5) is 37.5. The van der Waals surface area contributed by atoms with Gasteiger partial charge in [-0.15, -0.1) is 0 Å². The van der Waals surface area contributed by atoms with Crippen molar-refractivity contribution in [3.63, 3.8) is 0 Å². The summed E-state index contributed by atoms with van der Waals surface area (Å²) in [7, 11) is 0. The molecule has 2 atom stereocenters. The van der Waals surface area contributed by atoms with Crippen LogP contribution in [0.25, 0.3) is 0 Å². The Bertz CT molecular complexity index is 1350. The molecule has 1 aromatic heterocycles. The molecule has 2 aliphatic rings. The lowest BCUT2D eigenvalue weighted by atomic mass is 9.80. The highest BCUT2D eigenvalue weighted by Crippen LogP contribution is 2.41. The molecule has 1 aromatic carbocycles. The van der Waals surface area contributed by atoms with Crippen LogP contribution in [-0.2, 0) is 33.2 Å². The maximum atomic E-state index is 13.5. The fourth-order valence-electron chi connectivity index (χ4n) is 6.17. The number of cyclic esters (lactones) is 1. The number of alkyl halides is 6. The summed E-state index contributed by atoms with van der Waals surface area (Å²) in [6.45, 7) is 6.84. The molecule has 2 fully saturated rings. The lowest BCUT2D eigenvalue weighted by Gasteiger charge is -2.34. The van der Waals surface area contributed by atoms with Crippen molar-refractivity contribution in [1.82, 2.24) is 14.9 Å². The van der Waals surface area contributed by atoms with Gasteiger partial charge in [0.15, 0.2) is 5.82 Å². The molecule has 1 amide bonds. The molecule has 1 aliphatic heterocycles. The lowest BCUT2D eigenvalue weighted by molar-refractivity contribution is -0.145. The van der Waals surface area contributed by atoms with E-state index in [1.807, 2.05) is 6.92 Å². The molecular formula is C31H37BrF6N4O4. The Morgan fingerprint density at radius 3 is 2.22 bits per heavy atom. The molecule has 1 aliphatic carbocycles. The first-order valence-corrected chi connectivity index (χ1v) is 16.1. The van der Waals surface area contributed by atoms with E-state index in [-0.39, 0.29) is 24.5 Å². The molecule has 0 bridgehead atoms. The number of nitrogens with zero attached hydrogens (tertiary/aromatic N) is 4. The van der Waals surface area contributed by atoms with Crippen molar-refractivity contribution in [3.8, 4) is 0 Å². The highest BCUT2D eigenvalue weighted by molar-refractivity contribution is 9.10. The maximum Gasteiger partial charge on any atom is 0.416 e. The van der Waals surface area contributed by atoms with Crippen molar-refractivity contribution in [1.29, 1.82) is 0 Å². The van der Waals surface area contributed by atoms with Gasteiger partial charge in [0.25, 0.3) is 0 Å². The van der Waals surface area contributed by atoms with Crippen LogP contribution in [-0.4, -0.2) is 52.7 Å². The molecule has 8 nitrogen and oxygen atoms in total. The zero-order valence-corrected chi connectivity index (χ0v) is 27.3. The molecule has 2 unspecified atom stereocenters. The van der Waals surface area contributed by atoms with E-state index in [0.29, 0.717) is 60.3 Å². The summed E-state index contributed by atoms with van der Waals surface area (Å²) in [5, 5.41) is 0. The average Bonchev–Trinajstić information content (AvgIpc) is 3.25. The van der Waals surface area contributed by atoms with Gasteiger partial charge in [-0.3, -0.25) is 9.69 Å². The van der Waals surface area contributed by atoms with Gasteiger partial charge in [0.05, 0.1) is 36.5 Å². The number of anilines is 1. The molecule has 0 N–H and O–H groups in total. The number of halogens is 7. The fraction of sp³-hybridized carbons (Fsp3) is 0.613. The van der Waals surface area contributed by atoms with E-state index in [2.05, 4.69) is 30.8 Å². The third-order valence-electron chi connectivity index (χ3n) is 8.44. The average molecular weight is 724 g/mol. The molecule has 15 heteroatoms. The molecule has 2 aromatic rings. The standard InChI is InChI=1S/C31H37BrF6N4O4/c1-4-10-41(16-20-8-6-19(7-9-20)11-26(43)45-5-2)28-24(40-25(32)15-39-28)17-42-18(3)27(46-29(42)44)21-12-22(30(33,34)35)14-23(13-21)31(36,37)38/h12-15,18-20,27H,4-11,16-17H2,1-3H3. The van der Waals surface area contributed by atoms with E-state index in [4.69, 9.17) is 9.47 Å². The van der Waals surface area contributed by atoms with Crippen molar-refractivity contribution in [3.05, 3.63) is 51.4 Å².